The zero-order valence-electron chi connectivity index (χ0n) is 11.8. The van der Waals surface area contributed by atoms with Gasteiger partial charge in [0.1, 0.15) is 5.38 Å². The highest BCUT2D eigenvalue weighted by atomic mass is 35.5. The molecule has 0 heterocycles. The predicted molar refractivity (Wildman–Crippen MR) is 89.4 cm³/mol. The molecule has 0 fully saturated rings. The highest BCUT2D eigenvalue weighted by molar-refractivity contribution is 6.33. The van der Waals surface area contributed by atoms with Gasteiger partial charge in [-0.25, -0.2) is 0 Å². The van der Waals surface area contributed by atoms with E-state index in [1.54, 1.807) is 48.5 Å². The number of nitrogens with one attached hydrogen (secondary N) is 2. The molecule has 0 spiro atoms. The summed E-state index contributed by atoms with van der Waals surface area (Å²) in [6.45, 7) is 1.43. The van der Waals surface area contributed by atoms with Crippen LogP contribution in [0.1, 0.15) is 17.9 Å². The van der Waals surface area contributed by atoms with Crippen LogP contribution < -0.4 is 10.6 Å². The summed E-state index contributed by atoms with van der Waals surface area (Å²) in [4.78, 5) is 23.1. The maximum atomic E-state index is 12.1. The number of benzene rings is 2. The van der Waals surface area contributed by atoms with Crippen LogP contribution in [0, 0.1) is 0 Å². The first-order chi connectivity index (χ1) is 10.5. The van der Waals surface area contributed by atoms with Crippen molar-refractivity contribution in [3.8, 4) is 0 Å². The van der Waals surface area contributed by atoms with Crippen molar-refractivity contribution >= 4 is 46.4 Å². The Labute approximate surface area is 138 Å². The monoisotopic (exact) mass is 336 g/mol. The summed E-state index contributed by atoms with van der Waals surface area (Å²) in [5, 5.41) is 5.05. The van der Waals surface area contributed by atoms with Crippen LogP contribution in [0.25, 0.3) is 0 Å². The predicted octanol–water partition coefficient (Wildman–Crippen LogP) is 4.22. The summed E-state index contributed by atoms with van der Waals surface area (Å²) < 4.78 is 0. The lowest BCUT2D eigenvalue weighted by molar-refractivity contribution is -0.116. The number of carbonyl (C=O) groups excluding carboxylic acids is 2. The summed E-state index contributed by atoms with van der Waals surface area (Å²) in [6, 6.07) is 13.6. The molecule has 2 aromatic rings. The minimum atomic E-state index is -0.839. The second kappa shape index (κ2) is 7.29. The first-order valence-corrected chi connectivity index (χ1v) is 7.35. The standard InChI is InChI=1S/C16H14Cl2N2O2/c1-10(21)19-13-5-7-14(8-6-13)20-16(22)15(18)11-3-2-4-12(17)9-11/h2-9,15H,1H3,(H,19,21)(H,20,22). The van der Waals surface area contributed by atoms with Crippen molar-refractivity contribution in [2.45, 2.75) is 12.3 Å². The summed E-state index contributed by atoms with van der Waals surface area (Å²) in [6.07, 6.45) is 0. The summed E-state index contributed by atoms with van der Waals surface area (Å²) in [5.41, 5.74) is 1.87. The molecule has 22 heavy (non-hydrogen) atoms. The number of alkyl halides is 1. The molecular weight excluding hydrogens is 323 g/mol. The van der Waals surface area contributed by atoms with E-state index in [0.717, 1.165) is 0 Å². The molecule has 0 saturated carbocycles. The van der Waals surface area contributed by atoms with Crippen LogP contribution in [0.2, 0.25) is 5.02 Å². The number of amides is 2. The third-order valence-corrected chi connectivity index (χ3v) is 3.53. The molecule has 2 N–H and O–H groups in total. The largest absolute Gasteiger partial charge is 0.326 e. The minimum absolute atomic E-state index is 0.154. The Bertz CT molecular complexity index is 687. The molecule has 2 rings (SSSR count). The van der Waals surface area contributed by atoms with Gasteiger partial charge < -0.3 is 10.6 Å². The lowest BCUT2D eigenvalue weighted by atomic mass is 10.1. The number of halogens is 2. The fraction of sp³-hybridized carbons (Fsp3) is 0.125. The highest BCUT2D eigenvalue weighted by Gasteiger charge is 2.18. The molecule has 0 aromatic heterocycles. The normalized spacial score (nSPS) is 11.6. The van der Waals surface area contributed by atoms with E-state index in [-0.39, 0.29) is 11.8 Å². The Kier molecular flexibility index (Phi) is 5.41. The smallest absolute Gasteiger partial charge is 0.246 e. The molecule has 2 aromatic carbocycles. The summed E-state index contributed by atoms with van der Waals surface area (Å²) in [7, 11) is 0. The zero-order valence-corrected chi connectivity index (χ0v) is 13.3. The van der Waals surface area contributed by atoms with Crippen LogP contribution in [0.5, 0.6) is 0 Å². The number of anilines is 2. The Hall–Kier alpha value is -2.04. The zero-order chi connectivity index (χ0) is 16.1. The van der Waals surface area contributed by atoms with Gasteiger partial charge >= 0.3 is 0 Å². The molecular formula is C16H14Cl2N2O2. The third-order valence-electron chi connectivity index (χ3n) is 2.84. The van der Waals surface area contributed by atoms with Crippen molar-refractivity contribution in [2.75, 3.05) is 10.6 Å². The van der Waals surface area contributed by atoms with Crippen LogP contribution in [0.15, 0.2) is 48.5 Å². The van der Waals surface area contributed by atoms with Gasteiger partial charge in [-0.2, -0.15) is 0 Å². The Morgan fingerprint density at radius 1 is 1.00 bits per heavy atom. The van der Waals surface area contributed by atoms with Crippen molar-refractivity contribution in [3.05, 3.63) is 59.1 Å². The van der Waals surface area contributed by atoms with E-state index < -0.39 is 5.38 Å². The molecule has 1 atom stereocenters. The quantitative estimate of drug-likeness (QED) is 0.821. The fourth-order valence-corrected chi connectivity index (χ4v) is 2.25. The molecule has 0 aliphatic carbocycles. The van der Waals surface area contributed by atoms with Crippen molar-refractivity contribution < 1.29 is 9.59 Å². The van der Waals surface area contributed by atoms with E-state index in [9.17, 15) is 9.59 Å². The van der Waals surface area contributed by atoms with E-state index in [4.69, 9.17) is 23.2 Å². The molecule has 0 aliphatic rings. The lowest BCUT2D eigenvalue weighted by Gasteiger charge is -2.11. The molecule has 1 unspecified atom stereocenters. The summed E-state index contributed by atoms with van der Waals surface area (Å²) in [5.74, 6) is -0.505. The maximum absolute atomic E-state index is 12.1. The Morgan fingerprint density at radius 2 is 1.59 bits per heavy atom. The first kappa shape index (κ1) is 16.3. The van der Waals surface area contributed by atoms with E-state index in [0.29, 0.717) is 22.0 Å². The van der Waals surface area contributed by atoms with Crippen LogP contribution in [0.4, 0.5) is 11.4 Å². The molecule has 0 aliphatic heterocycles. The SMILES string of the molecule is CC(=O)Nc1ccc(NC(=O)C(Cl)c2cccc(Cl)c2)cc1. The van der Waals surface area contributed by atoms with Gasteiger partial charge in [-0.3, -0.25) is 9.59 Å². The fourth-order valence-electron chi connectivity index (χ4n) is 1.86. The van der Waals surface area contributed by atoms with Gasteiger partial charge in [-0.1, -0.05) is 23.7 Å². The Balaban J connectivity index is 2.03. The topological polar surface area (TPSA) is 58.2 Å². The first-order valence-electron chi connectivity index (χ1n) is 6.54. The Morgan fingerprint density at radius 3 is 2.14 bits per heavy atom. The van der Waals surface area contributed by atoms with E-state index in [2.05, 4.69) is 10.6 Å². The molecule has 0 saturated heterocycles. The molecule has 0 bridgehead atoms. The van der Waals surface area contributed by atoms with Crippen LogP contribution in [0.3, 0.4) is 0 Å². The molecule has 6 heteroatoms. The van der Waals surface area contributed by atoms with Crippen molar-refractivity contribution in [2.24, 2.45) is 0 Å². The van der Waals surface area contributed by atoms with Crippen molar-refractivity contribution in [1.29, 1.82) is 0 Å². The minimum Gasteiger partial charge on any atom is -0.326 e. The number of hydrogen-bond acceptors (Lipinski definition) is 2. The molecule has 4 nitrogen and oxygen atoms in total. The van der Waals surface area contributed by atoms with Gasteiger partial charge in [-0.15, -0.1) is 11.6 Å². The van der Waals surface area contributed by atoms with Crippen LogP contribution in [-0.2, 0) is 9.59 Å². The highest BCUT2D eigenvalue weighted by Crippen LogP contribution is 2.25. The van der Waals surface area contributed by atoms with Gasteiger partial charge in [0.25, 0.3) is 0 Å². The molecule has 2 amide bonds. The number of hydrogen-bond donors (Lipinski definition) is 2. The molecule has 114 valence electrons. The maximum Gasteiger partial charge on any atom is 0.246 e. The van der Waals surface area contributed by atoms with Crippen molar-refractivity contribution in [1.82, 2.24) is 0 Å². The van der Waals surface area contributed by atoms with Crippen LogP contribution >= 0.6 is 23.2 Å². The summed E-state index contributed by atoms with van der Waals surface area (Å²) >= 11 is 12.0. The van der Waals surface area contributed by atoms with Gasteiger partial charge in [-0.05, 0) is 42.0 Å². The third kappa shape index (κ3) is 4.48. The average molecular weight is 337 g/mol. The second-order valence-corrected chi connectivity index (χ2v) is 5.54. The van der Waals surface area contributed by atoms with Crippen molar-refractivity contribution in [3.63, 3.8) is 0 Å². The number of carbonyl (C=O) groups is 2. The van der Waals surface area contributed by atoms with E-state index >= 15 is 0 Å². The average Bonchev–Trinajstić information content (AvgIpc) is 2.48. The van der Waals surface area contributed by atoms with Crippen LogP contribution in [-0.4, -0.2) is 11.8 Å². The van der Waals surface area contributed by atoms with E-state index in [1.165, 1.54) is 6.92 Å². The van der Waals surface area contributed by atoms with Gasteiger partial charge in [0.15, 0.2) is 0 Å². The number of rotatable bonds is 4. The second-order valence-electron chi connectivity index (χ2n) is 4.67. The van der Waals surface area contributed by atoms with Gasteiger partial charge in [0.2, 0.25) is 11.8 Å². The van der Waals surface area contributed by atoms with E-state index in [1.807, 2.05) is 0 Å². The lowest BCUT2D eigenvalue weighted by Crippen LogP contribution is -2.17. The molecule has 0 radical (unpaired) electrons. The van der Waals surface area contributed by atoms with Gasteiger partial charge in [0, 0.05) is 23.3 Å². The van der Waals surface area contributed by atoms with Gasteiger partial charge in [0.05, 0.1) is 0 Å².